The Bertz CT molecular complexity index is 198. The van der Waals surface area contributed by atoms with Gasteiger partial charge in [0, 0.05) is 19.2 Å². The van der Waals surface area contributed by atoms with E-state index in [9.17, 15) is 9.00 Å². The van der Waals surface area contributed by atoms with Crippen LogP contribution in [0.15, 0.2) is 0 Å². The summed E-state index contributed by atoms with van der Waals surface area (Å²) < 4.78 is 12.3. The Kier molecular flexibility index (Phi) is 2.81. The molecule has 5 nitrogen and oxygen atoms in total. The smallest absolute Gasteiger partial charge is 0.322 e. The number of aliphatic carboxylic acids is 1. The molecule has 0 spiro atoms. The molecule has 1 aliphatic rings. The maximum Gasteiger partial charge on any atom is 0.322 e. The molecule has 1 rings (SSSR count). The van der Waals surface area contributed by atoms with Gasteiger partial charge in [0.05, 0.1) is 17.1 Å². The van der Waals surface area contributed by atoms with Crippen LogP contribution < -0.4 is 0 Å². The van der Waals surface area contributed by atoms with Crippen molar-refractivity contribution < 1.29 is 19.2 Å². The van der Waals surface area contributed by atoms with Crippen LogP contribution in [-0.4, -0.2) is 49.6 Å². The van der Waals surface area contributed by atoms with Crippen LogP contribution in [0.25, 0.3) is 0 Å². The Morgan fingerprint density at radius 2 is 2.25 bits per heavy atom. The first-order chi connectivity index (χ1) is 5.52. The second kappa shape index (κ2) is 3.51. The summed E-state index contributed by atoms with van der Waals surface area (Å²) in [6, 6.07) is -0.800. The summed E-state index contributed by atoms with van der Waals surface area (Å²) in [6.45, 7) is 0.181. The lowest BCUT2D eigenvalue weighted by atomic mass is 10.2. The van der Waals surface area contributed by atoms with E-state index in [1.807, 2.05) is 0 Å². The second-order valence-electron chi connectivity index (χ2n) is 2.77. The number of carbonyl (C=O) groups is 1. The van der Waals surface area contributed by atoms with Crippen LogP contribution >= 0.6 is 0 Å². The molecular formula is C6H11NO4S. The first-order valence-corrected chi connectivity index (χ1v) is 5.05. The summed E-state index contributed by atoms with van der Waals surface area (Å²) in [5, 5.41) is 17.8. The van der Waals surface area contributed by atoms with Gasteiger partial charge in [-0.2, -0.15) is 0 Å². The fraction of sp³-hybridized carbons (Fsp3) is 0.833. The van der Waals surface area contributed by atoms with E-state index in [2.05, 4.69) is 0 Å². The highest BCUT2D eigenvalue weighted by Gasteiger charge is 2.37. The lowest BCUT2D eigenvalue weighted by molar-refractivity contribution is -0.140. The van der Waals surface area contributed by atoms with E-state index >= 15 is 0 Å². The number of β-amino-alcohol motifs (C(OH)–C–C–N with tert-alkyl or cyclic N) is 1. The molecule has 12 heavy (non-hydrogen) atoms. The predicted molar refractivity (Wildman–Crippen MR) is 42.8 cm³/mol. The third-order valence-electron chi connectivity index (χ3n) is 1.85. The normalized spacial score (nSPS) is 33.5. The molecule has 1 fully saturated rings. The third kappa shape index (κ3) is 1.82. The molecule has 6 heteroatoms. The maximum atomic E-state index is 11.0. The number of rotatable bonds is 2. The zero-order valence-electron chi connectivity index (χ0n) is 6.64. The Hall–Kier alpha value is -0.460. The van der Waals surface area contributed by atoms with Crippen molar-refractivity contribution in [1.82, 2.24) is 4.31 Å². The van der Waals surface area contributed by atoms with E-state index in [0.29, 0.717) is 0 Å². The lowest BCUT2D eigenvalue weighted by Gasteiger charge is -2.16. The number of carboxylic acid groups (broad SMARTS) is 1. The standard InChI is InChI=1S/C6H11NO4S/c1-12(11)7-3-4(8)2-5(7)6(9)10/h4-5,8H,2-3H2,1H3,(H,9,10)/t4-,5+,12?/m1/s1. The van der Waals surface area contributed by atoms with Crippen molar-refractivity contribution in [3.05, 3.63) is 0 Å². The molecule has 3 atom stereocenters. The summed E-state index contributed by atoms with van der Waals surface area (Å²) in [5.74, 6) is -1.03. The lowest BCUT2D eigenvalue weighted by Crippen LogP contribution is -2.36. The van der Waals surface area contributed by atoms with Crippen molar-refractivity contribution in [2.75, 3.05) is 12.8 Å². The number of nitrogens with zero attached hydrogens (tertiary/aromatic N) is 1. The van der Waals surface area contributed by atoms with Gasteiger partial charge in [0.25, 0.3) is 0 Å². The van der Waals surface area contributed by atoms with Crippen LogP contribution in [0.2, 0.25) is 0 Å². The van der Waals surface area contributed by atoms with Crippen molar-refractivity contribution in [2.24, 2.45) is 0 Å². The fourth-order valence-corrected chi connectivity index (χ4v) is 2.21. The molecule has 1 aliphatic heterocycles. The second-order valence-corrected chi connectivity index (χ2v) is 4.08. The molecule has 70 valence electrons. The van der Waals surface area contributed by atoms with Crippen LogP contribution in [-0.2, 0) is 15.8 Å². The number of hydrogen-bond acceptors (Lipinski definition) is 3. The largest absolute Gasteiger partial charge is 0.480 e. The monoisotopic (exact) mass is 193 g/mol. The van der Waals surface area contributed by atoms with Gasteiger partial charge in [0.1, 0.15) is 6.04 Å². The van der Waals surface area contributed by atoms with Gasteiger partial charge in [0.15, 0.2) is 0 Å². The van der Waals surface area contributed by atoms with Crippen LogP contribution in [0.4, 0.5) is 0 Å². The highest BCUT2D eigenvalue weighted by Crippen LogP contribution is 2.18. The summed E-state index contributed by atoms with van der Waals surface area (Å²) in [6.07, 6.45) is 0.901. The summed E-state index contributed by atoms with van der Waals surface area (Å²) >= 11 is 0. The van der Waals surface area contributed by atoms with Gasteiger partial charge >= 0.3 is 5.97 Å². The van der Waals surface area contributed by atoms with Gasteiger partial charge in [-0.1, -0.05) is 0 Å². The molecule has 0 aliphatic carbocycles. The number of hydrogen-bond donors (Lipinski definition) is 2. The van der Waals surface area contributed by atoms with E-state index in [4.69, 9.17) is 10.2 Å². The van der Waals surface area contributed by atoms with Crippen molar-refractivity contribution in [3.8, 4) is 0 Å². The van der Waals surface area contributed by atoms with Gasteiger partial charge in [-0.05, 0) is 0 Å². The minimum Gasteiger partial charge on any atom is -0.480 e. The van der Waals surface area contributed by atoms with Crippen molar-refractivity contribution in [1.29, 1.82) is 0 Å². The van der Waals surface area contributed by atoms with Gasteiger partial charge in [-0.3, -0.25) is 4.79 Å². The molecule has 0 radical (unpaired) electrons. The summed E-state index contributed by atoms with van der Waals surface area (Å²) in [5.41, 5.74) is 0. The summed E-state index contributed by atoms with van der Waals surface area (Å²) in [4.78, 5) is 10.6. The topological polar surface area (TPSA) is 77.8 Å². The Morgan fingerprint density at radius 1 is 1.67 bits per heavy atom. The third-order valence-corrected chi connectivity index (χ3v) is 2.91. The van der Waals surface area contributed by atoms with Crippen LogP contribution in [0.3, 0.4) is 0 Å². The first kappa shape index (κ1) is 9.63. The molecule has 0 saturated carbocycles. The molecule has 1 saturated heterocycles. The van der Waals surface area contributed by atoms with Crippen LogP contribution in [0, 0.1) is 0 Å². The van der Waals surface area contributed by atoms with Crippen LogP contribution in [0.1, 0.15) is 6.42 Å². The van der Waals surface area contributed by atoms with Gasteiger partial charge in [0.2, 0.25) is 0 Å². The molecule has 0 aromatic heterocycles. The molecule has 0 bridgehead atoms. The minimum absolute atomic E-state index is 0.162. The molecule has 1 unspecified atom stereocenters. The van der Waals surface area contributed by atoms with Crippen LogP contribution in [0.5, 0.6) is 0 Å². The number of carboxylic acids is 1. The molecule has 1 heterocycles. The highest BCUT2D eigenvalue weighted by molar-refractivity contribution is 7.81. The van der Waals surface area contributed by atoms with E-state index in [-0.39, 0.29) is 13.0 Å². The maximum absolute atomic E-state index is 11.0. The fourth-order valence-electron chi connectivity index (χ4n) is 1.29. The summed E-state index contributed by atoms with van der Waals surface area (Å²) in [7, 11) is -1.32. The Morgan fingerprint density at radius 3 is 2.58 bits per heavy atom. The van der Waals surface area contributed by atoms with E-state index in [1.54, 1.807) is 0 Å². The van der Waals surface area contributed by atoms with Crippen molar-refractivity contribution in [2.45, 2.75) is 18.6 Å². The number of aliphatic hydroxyl groups excluding tert-OH is 1. The Labute approximate surface area is 72.6 Å². The average Bonchev–Trinajstić information content (AvgIpc) is 2.31. The van der Waals surface area contributed by atoms with Gasteiger partial charge in [-0.15, -0.1) is 0 Å². The first-order valence-electron chi connectivity index (χ1n) is 3.53. The molecule has 0 amide bonds. The van der Waals surface area contributed by atoms with Gasteiger partial charge in [-0.25, -0.2) is 8.51 Å². The van der Waals surface area contributed by atoms with E-state index in [0.717, 1.165) is 0 Å². The number of aliphatic hydroxyl groups is 1. The molecule has 0 aromatic rings. The Balaban J connectivity index is 2.72. The van der Waals surface area contributed by atoms with E-state index in [1.165, 1.54) is 10.6 Å². The SMILES string of the molecule is CS(=O)N1C[C@H](O)C[C@H]1C(=O)O. The quantitative estimate of drug-likeness (QED) is 0.577. The molecule has 0 aromatic carbocycles. The average molecular weight is 193 g/mol. The zero-order valence-corrected chi connectivity index (χ0v) is 7.45. The van der Waals surface area contributed by atoms with E-state index < -0.39 is 29.1 Å². The zero-order chi connectivity index (χ0) is 9.30. The van der Waals surface area contributed by atoms with Crippen molar-refractivity contribution in [3.63, 3.8) is 0 Å². The highest BCUT2D eigenvalue weighted by atomic mass is 32.2. The predicted octanol–water partition coefficient (Wildman–Crippen LogP) is -1.20. The molecular weight excluding hydrogens is 182 g/mol. The minimum atomic E-state index is -1.32. The molecule has 2 N–H and O–H groups in total. The van der Waals surface area contributed by atoms with Crippen molar-refractivity contribution >= 4 is 17.0 Å². The van der Waals surface area contributed by atoms with Gasteiger partial charge < -0.3 is 10.2 Å².